The number of unbranched alkanes of at least 4 members (excludes halogenated alkanes) is 1. The molecule has 0 saturated heterocycles. The summed E-state index contributed by atoms with van der Waals surface area (Å²) >= 11 is 0. The Hall–Kier alpha value is -1.31. The predicted octanol–water partition coefficient (Wildman–Crippen LogP) is 3.91. The molecule has 1 rings (SSSR count). The van der Waals surface area contributed by atoms with Gasteiger partial charge in [-0.3, -0.25) is 4.79 Å². The Labute approximate surface area is 97.6 Å². The molecule has 1 aromatic rings. The van der Waals surface area contributed by atoms with Crippen molar-refractivity contribution in [2.45, 2.75) is 46.0 Å². The quantitative estimate of drug-likeness (QED) is 0.555. The number of esters is 1. The zero-order valence-electron chi connectivity index (χ0n) is 10.3. The fourth-order valence-corrected chi connectivity index (χ4v) is 1.42. The highest BCUT2D eigenvalue weighted by Gasteiger charge is 2.04. The molecule has 0 aliphatic rings. The summed E-state index contributed by atoms with van der Waals surface area (Å²) in [5.41, 5.74) is 1.26. The van der Waals surface area contributed by atoms with Crippen molar-refractivity contribution in [3.8, 4) is 5.75 Å². The molecule has 2 heteroatoms. The molecule has 0 bridgehead atoms. The van der Waals surface area contributed by atoms with Gasteiger partial charge in [-0.25, -0.2) is 0 Å². The van der Waals surface area contributed by atoms with Crippen LogP contribution in [0.5, 0.6) is 5.75 Å². The van der Waals surface area contributed by atoms with Gasteiger partial charge in [0.2, 0.25) is 0 Å². The Morgan fingerprint density at radius 2 is 1.88 bits per heavy atom. The summed E-state index contributed by atoms with van der Waals surface area (Å²) in [5, 5.41) is 0. The Bertz CT molecular complexity index is 325. The molecule has 0 N–H and O–H groups in total. The molecule has 1 aromatic carbocycles. The van der Waals surface area contributed by atoms with E-state index in [-0.39, 0.29) is 5.97 Å². The molecule has 0 aliphatic heterocycles. The Kier molecular flexibility index (Phi) is 5.03. The van der Waals surface area contributed by atoms with Crippen molar-refractivity contribution in [1.29, 1.82) is 0 Å². The summed E-state index contributed by atoms with van der Waals surface area (Å²) in [5.74, 6) is 1.01. The van der Waals surface area contributed by atoms with Crippen LogP contribution in [0.1, 0.15) is 51.5 Å². The fourth-order valence-electron chi connectivity index (χ4n) is 1.42. The van der Waals surface area contributed by atoms with Crippen LogP contribution in [0.15, 0.2) is 24.3 Å². The molecule has 0 spiro atoms. The molecule has 0 heterocycles. The van der Waals surface area contributed by atoms with Crippen LogP contribution in [0.4, 0.5) is 0 Å². The smallest absolute Gasteiger partial charge is 0.311 e. The third-order valence-corrected chi connectivity index (χ3v) is 2.51. The first-order valence-corrected chi connectivity index (χ1v) is 5.94. The van der Waals surface area contributed by atoms with E-state index in [0.29, 0.717) is 18.1 Å². The summed E-state index contributed by atoms with van der Waals surface area (Å²) in [6.07, 6.45) is 2.41. The summed E-state index contributed by atoms with van der Waals surface area (Å²) < 4.78 is 5.21. The van der Waals surface area contributed by atoms with Crippen LogP contribution in [0.25, 0.3) is 0 Å². The van der Waals surface area contributed by atoms with Crippen molar-refractivity contribution >= 4 is 5.97 Å². The first-order chi connectivity index (χ1) is 7.63. The topological polar surface area (TPSA) is 26.3 Å². The predicted molar refractivity (Wildman–Crippen MR) is 65.7 cm³/mol. The molecule has 0 radical (unpaired) electrons. The lowest BCUT2D eigenvalue weighted by Crippen LogP contribution is -2.07. The second kappa shape index (κ2) is 6.31. The molecule has 0 unspecified atom stereocenters. The van der Waals surface area contributed by atoms with Gasteiger partial charge >= 0.3 is 5.97 Å². The number of carbonyl (C=O) groups excluding carboxylic acids is 1. The van der Waals surface area contributed by atoms with Gasteiger partial charge in [0.15, 0.2) is 0 Å². The van der Waals surface area contributed by atoms with Gasteiger partial charge in [-0.1, -0.05) is 39.3 Å². The monoisotopic (exact) mass is 220 g/mol. The third kappa shape index (κ3) is 4.05. The van der Waals surface area contributed by atoms with Crippen molar-refractivity contribution < 1.29 is 9.53 Å². The molecule has 0 amide bonds. The van der Waals surface area contributed by atoms with Gasteiger partial charge in [-0.15, -0.1) is 0 Å². The number of hydrogen-bond acceptors (Lipinski definition) is 2. The zero-order chi connectivity index (χ0) is 12.0. The second-order valence-electron chi connectivity index (χ2n) is 4.30. The van der Waals surface area contributed by atoms with Gasteiger partial charge in [-0.2, -0.15) is 0 Å². The minimum Gasteiger partial charge on any atom is -0.427 e. The Morgan fingerprint density at radius 3 is 2.38 bits per heavy atom. The molecule has 0 saturated carbocycles. The Morgan fingerprint density at radius 1 is 1.25 bits per heavy atom. The summed E-state index contributed by atoms with van der Waals surface area (Å²) in [6.45, 7) is 6.34. The van der Waals surface area contributed by atoms with Gasteiger partial charge in [-0.05, 0) is 30.0 Å². The average Bonchev–Trinajstić information content (AvgIpc) is 2.27. The highest BCUT2D eigenvalue weighted by molar-refractivity contribution is 5.72. The van der Waals surface area contributed by atoms with Crippen molar-refractivity contribution in [3.05, 3.63) is 29.8 Å². The lowest BCUT2D eigenvalue weighted by Gasteiger charge is -2.07. The lowest BCUT2D eigenvalue weighted by atomic mass is 10.0. The fraction of sp³-hybridized carbons (Fsp3) is 0.500. The van der Waals surface area contributed by atoms with Crippen LogP contribution >= 0.6 is 0 Å². The normalized spacial score (nSPS) is 10.5. The van der Waals surface area contributed by atoms with Gasteiger partial charge in [0.1, 0.15) is 5.75 Å². The second-order valence-corrected chi connectivity index (χ2v) is 4.30. The first-order valence-electron chi connectivity index (χ1n) is 5.94. The van der Waals surface area contributed by atoms with E-state index < -0.39 is 0 Å². The van der Waals surface area contributed by atoms with Crippen molar-refractivity contribution in [3.63, 3.8) is 0 Å². The van der Waals surface area contributed by atoms with Crippen molar-refractivity contribution in [2.75, 3.05) is 0 Å². The van der Waals surface area contributed by atoms with E-state index in [9.17, 15) is 4.79 Å². The van der Waals surface area contributed by atoms with Crippen molar-refractivity contribution in [2.24, 2.45) is 0 Å². The minimum absolute atomic E-state index is 0.140. The van der Waals surface area contributed by atoms with Crippen LogP contribution < -0.4 is 4.74 Å². The van der Waals surface area contributed by atoms with E-state index in [1.807, 2.05) is 24.3 Å². The van der Waals surface area contributed by atoms with Crippen molar-refractivity contribution in [1.82, 2.24) is 0 Å². The first kappa shape index (κ1) is 12.8. The van der Waals surface area contributed by atoms with Gasteiger partial charge < -0.3 is 4.74 Å². The highest BCUT2D eigenvalue weighted by Crippen LogP contribution is 2.18. The molecule has 0 aliphatic carbocycles. The maximum Gasteiger partial charge on any atom is 0.311 e. The molecule has 0 aromatic heterocycles. The van der Waals surface area contributed by atoms with Crippen LogP contribution in [0.2, 0.25) is 0 Å². The average molecular weight is 220 g/mol. The zero-order valence-corrected chi connectivity index (χ0v) is 10.3. The number of rotatable bonds is 5. The van der Waals surface area contributed by atoms with E-state index in [1.165, 1.54) is 5.56 Å². The number of benzene rings is 1. The molecule has 0 fully saturated rings. The molecule has 16 heavy (non-hydrogen) atoms. The van der Waals surface area contributed by atoms with Gasteiger partial charge in [0.25, 0.3) is 0 Å². The van der Waals surface area contributed by atoms with E-state index in [2.05, 4.69) is 20.8 Å². The maximum atomic E-state index is 11.4. The van der Waals surface area contributed by atoms with Crippen LogP contribution in [-0.2, 0) is 4.79 Å². The van der Waals surface area contributed by atoms with Gasteiger partial charge in [0.05, 0.1) is 0 Å². The lowest BCUT2D eigenvalue weighted by molar-refractivity contribution is -0.134. The van der Waals surface area contributed by atoms with E-state index in [4.69, 9.17) is 4.74 Å². The summed E-state index contributed by atoms with van der Waals surface area (Å²) in [6, 6.07) is 7.73. The molecule has 88 valence electrons. The third-order valence-electron chi connectivity index (χ3n) is 2.51. The SMILES string of the molecule is CCCCC(=O)Oc1ccc(C(C)C)cc1. The Balaban J connectivity index is 2.51. The highest BCUT2D eigenvalue weighted by atomic mass is 16.5. The standard InChI is InChI=1S/C14H20O2/c1-4-5-6-14(15)16-13-9-7-12(8-10-13)11(2)3/h7-11H,4-6H2,1-3H3. The number of hydrogen-bond donors (Lipinski definition) is 0. The minimum atomic E-state index is -0.140. The van der Waals surface area contributed by atoms with E-state index in [1.54, 1.807) is 0 Å². The summed E-state index contributed by atoms with van der Waals surface area (Å²) in [7, 11) is 0. The number of carbonyl (C=O) groups is 1. The molecular weight excluding hydrogens is 200 g/mol. The van der Waals surface area contributed by atoms with E-state index >= 15 is 0 Å². The van der Waals surface area contributed by atoms with Gasteiger partial charge in [0, 0.05) is 6.42 Å². The molecular formula is C14H20O2. The van der Waals surface area contributed by atoms with Crippen LogP contribution in [-0.4, -0.2) is 5.97 Å². The number of ether oxygens (including phenoxy) is 1. The maximum absolute atomic E-state index is 11.4. The largest absolute Gasteiger partial charge is 0.427 e. The molecule has 0 atom stereocenters. The van der Waals surface area contributed by atoms with Crippen LogP contribution in [0, 0.1) is 0 Å². The van der Waals surface area contributed by atoms with Crippen LogP contribution in [0.3, 0.4) is 0 Å². The van der Waals surface area contributed by atoms with E-state index in [0.717, 1.165) is 12.8 Å². The molecule has 2 nitrogen and oxygen atoms in total. The summed E-state index contributed by atoms with van der Waals surface area (Å²) in [4.78, 5) is 11.4.